The molecule has 7 heteroatoms. The van der Waals surface area contributed by atoms with Gasteiger partial charge in [0, 0.05) is 12.1 Å². The third-order valence-electron chi connectivity index (χ3n) is 4.56. The Morgan fingerprint density at radius 1 is 1.22 bits per heavy atom. The molecule has 0 radical (unpaired) electrons. The van der Waals surface area contributed by atoms with E-state index in [1.165, 1.54) is 0 Å². The lowest BCUT2D eigenvalue weighted by Crippen LogP contribution is -2.54. The summed E-state index contributed by atoms with van der Waals surface area (Å²) < 4.78 is 35.2. The Bertz CT molecular complexity index is 737. The molecule has 1 amide bonds. The molecular weight excluding hydrogens is 366 g/mol. The molecule has 0 aromatic heterocycles. The minimum atomic E-state index is -3.63. The van der Waals surface area contributed by atoms with Gasteiger partial charge in [-0.25, -0.2) is 4.79 Å². The average molecular weight is 398 g/mol. The van der Waals surface area contributed by atoms with Gasteiger partial charge in [0.2, 0.25) is 0 Å². The number of carbonyl (C=O) groups excluding carboxylic acids is 1. The standard InChI is InChI=1S/C20H31NO5S/c1-19(2,3)26-18(22)21-12-11-17(13-20(21,4)5)14-25-27(23,24)15-16-9-7-6-8-10-16/h6-10,17H,11-15H2,1-5H3/t17-/m1/s1. The lowest BCUT2D eigenvalue weighted by molar-refractivity contribution is -0.0185. The van der Waals surface area contributed by atoms with Gasteiger partial charge in [-0.3, -0.25) is 4.18 Å². The van der Waals surface area contributed by atoms with E-state index in [0.29, 0.717) is 24.9 Å². The summed E-state index contributed by atoms with van der Waals surface area (Å²) in [5.41, 5.74) is -0.256. The molecule has 152 valence electrons. The molecule has 1 fully saturated rings. The van der Waals surface area contributed by atoms with Crippen molar-refractivity contribution in [2.45, 2.75) is 64.4 Å². The normalized spacial score (nSPS) is 20.3. The van der Waals surface area contributed by atoms with E-state index in [1.807, 2.05) is 40.7 Å². The minimum Gasteiger partial charge on any atom is -0.444 e. The van der Waals surface area contributed by atoms with Gasteiger partial charge in [-0.1, -0.05) is 30.3 Å². The second-order valence-electron chi connectivity index (χ2n) is 8.78. The summed E-state index contributed by atoms with van der Waals surface area (Å²) in [7, 11) is -3.63. The number of likely N-dealkylation sites (tertiary alicyclic amines) is 1. The van der Waals surface area contributed by atoms with Crippen LogP contribution in [0.1, 0.15) is 53.0 Å². The van der Waals surface area contributed by atoms with E-state index in [1.54, 1.807) is 29.2 Å². The van der Waals surface area contributed by atoms with Crippen molar-refractivity contribution in [3.63, 3.8) is 0 Å². The number of piperidine rings is 1. The summed E-state index contributed by atoms with van der Waals surface area (Å²) in [6, 6.07) is 8.99. The van der Waals surface area contributed by atoms with Crippen molar-refractivity contribution in [1.82, 2.24) is 4.90 Å². The smallest absolute Gasteiger partial charge is 0.410 e. The van der Waals surface area contributed by atoms with Crippen LogP contribution in [0.15, 0.2) is 30.3 Å². The first-order valence-corrected chi connectivity index (χ1v) is 10.9. The van der Waals surface area contributed by atoms with Crippen LogP contribution in [0.5, 0.6) is 0 Å². The lowest BCUT2D eigenvalue weighted by Gasteiger charge is -2.45. The Kier molecular flexibility index (Phi) is 6.58. The summed E-state index contributed by atoms with van der Waals surface area (Å²) in [4.78, 5) is 14.2. The molecule has 0 aliphatic carbocycles. The predicted octanol–water partition coefficient (Wildman–Crippen LogP) is 3.96. The summed E-state index contributed by atoms with van der Waals surface area (Å²) >= 11 is 0. The fraction of sp³-hybridized carbons (Fsp3) is 0.650. The number of benzene rings is 1. The lowest BCUT2D eigenvalue weighted by atomic mass is 9.83. The highest BCUT2D eigenvalue weighted by molar-refractivity contribution is 7.85. The number of hydrogen-bond acceptors (Lipinski definition) is 5. The van der Waals surface area contributed by atoms with Gasteiger partial charge in [0.05, 0.1) is 6.61 Å². The molecule has 1 aromatic carbocycles. The van der Waals surface area contributed by atoms with Crippen molar-refractivity contribution < 1.29 is 22.1 Å². The van der Waals surface area contributed by atoms with Gasteiger partial charge in [0.1, 0.15) is 11.4 Å². The van der Waals surface area contributed by atoms with Crippen molar-refractivity contribution in [3.05, 3.63) is 35.9 Å². The molecule has 0 spiro atoms. The van der Waals surface area contributed by atoms with Crippen molar-refractivity contribution in [1.29, 1.82) is 0 Å². The molecule has 1 aromatic rings. The van der Waals surface area contributed by atoms with Gasteiger partial charge in [0.15, 0.2) is 0 Å². The summed E-state index contributed by atoms with van der Waals surface area (Å²) in [5.74, 6) is -0.0576. The average Bonchev–Trinajstić information content (AvgIpc) is 2.51. The predicted molar refractivity (Wildman–Crippen MR) is 105 cm³/mol. The second-order valence-corrected chi connectivity index (χ2v) is 10.4. The summed E-state index contributed by atoms with van der Waals surface area (Å²) in [5, 5.41) is 0. The van der Waals surface area contributed by atoms with Crippen LogP contribution in [-0.2, 0) is 24.8 Å². The molecule has 6 nitrogen and oxygen atoms in total. The molecule has 1 saturated heterocycles. The van der Waals surface area contributed by atoms with E-state index in [0.717, 1.165) is 0 Å². The maximum Gasteiger partial charge on any atom is 0.410 e. The number of hydrogen-bond donors (Lipinski definition) is 0. The van der Waals surface area contributed by atoms with Crippen LogP contribution in [0, 0.1) is 5.92 Å². The van der Waals surface area contributed by atoms with Crippen LogP contribution >= 0.6 is 0 Å². The fourth-order valence-corrected chi connectivity index (χ4v) is 4.43. The molecular formula is C20H31NO5S. The van der Waals surface area contributed by atoms with Crippen LogP contribution in [0.4, 0.5) is 4.79 Å². The number of rotatable bonds is 5. The van der Waals surface area contributed by atoms with Crippen LogP contribution in [0.2, 0.25) is 0 Å². The first-order chi connectivity index (χ1) is 12.4. The van der Waals surface area contributed by atoms with Gasteiger partial charge in [-0.15, -0.1) is 0 Å². The number of nitrogens with zero attached hydrogens (tertiary/aromatic N) is 1. The molecule has 1 aliphatic rings. The van der Waals surface area contributed by atoms with E-state index in [2.05, 4.69) is 0 Å². The molecule has 0 bridgehead atoms. The minimum absolute atomic E-state index is 0.0734. The Morgan fingerprint density at radius 2 is 1.85 bits per heavy atom. The summed E-state index contributed by atoms with van der Waals surface area (Å²) in [6.45, 7) is 10.1. The van der Waals surface area contributed by atoms with Gasteiger partial charge < -0.3 is 9.64 Å². The maximum atomic E-state index is 12.4. The van der Waals surface area contributed by atoms with Gasteiger partial charge in [-0.05, 0) is 58.9 Å². The molecule has 0 N–H and O–H groups in total. The first-order valence-electron chi connectivity index (χ1n) is 9.30. The number of amides is 1. The van der Waals surface area contributed by atoms with Crippen molar-refractivity contribution in [2.24, 2.45) is 5.92 Å². The zero-order valence-electron chi connectivity index (χ0n) is 16.9. The number of carbonyl (C=O) groups is 1. The monoisotopic (exact) mass is 397 g/mol. The third kappa shape index (κ3) is 6.81. The number of ether oxygens (including phenoxy) is 1. The van der Waals surface area contributed by atoms with E-state index in [9.17, 15) is 13.2 Å². The molecule has 1 atom stereocenters. The largest absolute Gasteiger partial charge is 0.444 e. The second kappa shape index (κ2) is 8.19. The van der Waals surface area contributed by atoms with E-state index in [-0.39, 0.29) is 24.4 Å². The molecule has 1 aliphatic heterocycles. The third-order valence-corrected chi connectivity index (χ3v) is 5.75. The van der Waals surface area contributed by atoms with Gasteiger partial charge in [-0.2, -0.15) is 8.42 Å². The van der Waals surface area contributed by atoms with Crippen molar-refractivity contribution in [2.75, 3.05) is 13.2 Å². The first kappa shape index (κ1) is 21.7. The maximum absolute atomic E-state index is 12.4. The fourth-order valence-electron chi connectivity index (χ4n) is 3.35. The molecule has 2 rings (SSSR count). The zero-order chi connectivity index (χ0) is 20.3. The Hall–Kier alpha value is -1.60. The molecule has 27 heavy (non-hydrogen) atoms. The molecule has 0 saturated carbocycles. The topological polar surface area (TPSA) is 72.9 Å². The van der Waals surface area contributed by atoms with Gasteiger partial charge in [0.25, 0.3) is 10.1 Å². The highest BCUT2D eigenvalue weighted by atomic mass is 32.2. The van der Waals surface area contributed by atoms with Crippen LogP contribution in [0.3, 0.4) is 0 Å². The Labute approximate surface area is 163 Å². The van der Waals surface area contributed by atoms with Crippen molar-refractivity contribution >= 4 is 16.2 Å². The van der Waals surface area contributed by atoms with E-state index < -0.39 is 21.3 Å². The zero-order valence-corrected chi connectivity index (χ0v) is 17.7. The van der Waals surface area contributed by atoms with Gasteiger partial charge >= 0.3 is 6.09 Å². The SMILES string of the molecule is CC(C)(C)OC(=O)N1CC[C@@H](COS(=O)(=O)Cc2ccccc2)CC1(C)C. The highest BCUT2D eigenvalue weighted by Crippen LogP contribution is 2.33. The Morgan fingerprint density at radius 3 is 2.41 bits per heavy atom. The molecule has 0 unspecified atom stereocenters. The highest BCUT2D eigenvalue weighted by Gasteiger charge is 2.40. The van der Waals surface area contributed by atoms with Crippen LogP contribution in [-0.4, -0.2) is 43.7 Å². The molecule has 1 heterocycles. The van der Waals surface area contributed by atoms with Crippen molar-refractivity contribution in [3.8, 4) is 0 Å². The summed E-state index contributed by atoms with van der Waals surface area (Å²) in [6.07, 6.45) is 1.01. The van der Waals surface area contributed by atoms with Crippen LogP contribution < -0.4 is 0 Å². The quantitative estimate of drug-likeness (QED) is 0.703. The van der Waals surface area contributed by atoms with Crippen LogP contribution in [0.25, 0.3) is 0 Å². The Balaban J connectivity index is 1.90. The van der Waals surface area contributed by atoms with E-state index in [4.69, 9.17) is 8.92 Å². The van der Waals surface area contributed by atoms with E-state index >= 15 is 0 Å².